The van der Waals surface area contributed by atoms with E-state index in [1.165, 1.54) is 31.3 Å². The van der Waals surface area contributed by atoms with Crippen LogP contribution >= 0.6 is 0 Å². The highest BCUT2D eigenvalue weighted by molar-refractivity contribution is 7.92. The molecule has 3 aromatic rings. The van der Waals surface area contributed by atoms with Crippen molar-refractivity contribution in [2.45, 2.75) is 37.8 Å². The van der Waals surface area contributed by atoms with E-state index in [2.05, 4.69) is 5.32 Å². The van der Waals surface area contributed by atoms with Crippen LogP contribution in [0.2, 0.25) is 0 Å². The molecule has 0 bridgehead atoms. The van der Waals surface area contributed by atoms with Gasteiger partial charge in [-0.1, -0.05) is 49.4 Å². The number of nitrogens with zero attached hydrogens (tertiary/aromatic N) is 2. The summed E-state index contributed by atoms with van der Waals surface area (Å²) >= 11 is 0. The summed E-state index contributed by atoms with van der Waals surface area (Å²) in [6.07, 6.45) is 0.351. The maximum atomic E-state index is 14.0. The zero-order chi connectivity index (χ0) is 28.4. The normalized spacial score (nSPS) is 11.8. The first-order chi connectivity index (χ1) is 18.8. The van der Waals surface area contributed by atoms with E-state index in [9.17, 15) is 18.0 Å². The zero-order valence-electron chi connectivity index (χ0n) is 22.7. The molecule has 0 aliphatic rings. The van der Waals surface area contributed by atoms with Crippen molar-refractivity contribution in [3.05, 3.63) is 84.4 Å². The first-order valence-corrected chi connectivity index (χ1v) is 14.1. The third kappa shape index (κ3) is 7.08. The molecule has 0 aliphatic carbocycles. The number of anilines is 1. The molecular weight excluding hydrogens is 518 g/mol. The van der Waals surface area contributed by atoms with E-state index in [0.717, 1.165) is 9.87 Å². The average Bonchev–Trinajstić information content (AvgIpc) is 2.96. The number of amides is 2. The van der Waals surface area contributed by atoms with E-state index >= 15 is 0 Å². The number of rotatable bonds is 13. The Morgan fingerprint density at radius 1 is 0.872 bits per heavy atom. The van der Waals surface area contributed by atoms with Crippen LogP contribution in [0.5, 0.6) is 11.5 Å². The highest BCUT2D eigenvalue weighted by Gasteiger charge is 2.34. The number of benzene rings is 3. The van der Waals surface area contributed by atoms with Crippen LogP contribution in [0, 0.1) is 0 Å². The van der Waals surface area contributed by atoms with Crippen molar-refractivity contribution in [3.8, 4) is 11.5 Å². The third-order valence-electron chi connectivity index (χ3n) is 6.21. The van der Waals surface area contributed by atoms with Crippen molar-refractivity contribution in [1.29, 1.82) is 0 Å². The van der Waals surface area contributed by atoms with Gasteiger partial charge in [-0.3, -0.25) is 13.9 Å². The summed E-state index contributed by atoms with van der Waals surface area (Å²) in [6.45, 7) is 3.62. The Labute approximate surface area is 230 Å². The van der Waals surface area contributed by atoms with E-state index in [4.69, 9.17) is 9.47 Å². The van der Waals surface area contributed by atoms with Gasteiger partial charge in [-0.05, 0) is 55.3 Å². The van der Waals surface area contributed by atoms with Gasteiger partial charge in [-0.15, -0.1) is 0 Å². The molecule has 0 aromatic heterocycles. The summed E-state index contributed by atoms with van der Waals surface area (Å²) in [7, 11) is -1.30. The molecule has 208 valence electrons. The Bertz CT molecular complexity index is 1350. The highest BCUT2D eigenvalue weighted by atomic mass is 32.2. The Balaban J connectivity index is 2.09. The fourth-order valence-electron chi connectivity index (χ4n) is 4.22. The Hall–Kier alpha value is -4.05. The molecule has 39 heavy (non-hydrogen) atoms. The predicted molar refractivity (Wildman–Crippen MR) is 150 cm³/mol. The fourth-order valence-corrected chi connectivity index (χ4v) is 5.64. The second-order valence-electron chi connectivity index (χ2n) is 8.68. The van der Waals surface area contributed by atoms with Gasteiger partial charge in [-0.2, -0.15) is 0 Å². The van der Waals surface area contributed by atoms with Gasteiger partial charge in [0.15, 0.2) is 0 Å². The fraction of sp³-hybridized carbons (Fsp3) is 0.310. The minimum absolute atomic E-state index is 0.0209. The summed E-state index contributed by atoms with van der Waals surface area (Å²) in [5, 5.41) is 2.79. The van der Waals surface area contributed by atoms with Crippen molar-refractivity contribution < 1.29 is 27.5 Å². The monoisotopic (exact) mass is 553 g/mol. The Kier molecular flexibility index (Phi) is 10.3. The summed E-state index contributed by atoms with van der Waals surface area (Å²) in [6, 6.07) is 21.0. The first kappa shape index (κ1) is 29.5. The molecule has 0 saturated heterocycles. The minimum Gasteiger partial charge on any atom is -0.497 e. The van der Waals surface area contributed by atoms with Gasteiger partial charge in [-0.25, -0.2) is 8.42 Å². The van der Waals surface area contributed by atoms with Crippen LogP contribution in [-0.2, 0) is 26.2 Å². The number of sulfonamides is 1. The largest absolute Gasteiger partial charge is 0.497 e. The smallest absolute Gasteiger partial charge is 0.264 e. The molecule has 1 atom stereocenters. The number of nitrogens with one attached hydrogen (secondary N) is 1. The molecule has 1 unspecified atom stereocenters. The SMILES string of the molecule is CCNC(=O)C(CC)N(Cc1ccccc1)C(=O)CN(c1ccccc1OC)S(=O)(=O)c1ccc(OC)cc1. The number of hydrogen-bond donors (Lipinski definition) is 1. The van der Waals surface area contributed by atoms with Gasteiger partial charge < -0.3 is 19.7 Å². The summed E-state index contributed by atoms with van der Waals surface area (Å²) in [4.78, 5) is 28.4. The van der Waals surface area contributed by atoms with Gasteiger partial charge in [0.1, 0.15) is 24.1 Å². The van der Waals surface area contributed by atoms with E-state index < -0.39 is 28.5 Å². The molecule has 0 spiro atoms. The van der Waals surface area contributed by atoms with Crippen molar-refractivity contribution in [2.24, 2.45) is 0 Å². The standard InChI is InChI=1S/C29H35N3O6S/c1-5-25(29(34)30-6-2)31(20-22-12-8-7-9-13-22)28(33)21-32(26-14-10-11-15-27(26)38-4)39(35,36)24-18-16-23(37-3)17-19-24/h7-19,25H,5-6,20-21H2,1-4H3,(H,30,34). The second-order valence-corrected chi connectivity index (χ2v) is 10.5. The van der Waals surface area contributed by atoms with Crippen molar-refractivity contribution in [1.82, 2.24) is 10.2 Å². The van der Waals surface area contributed by atoms with E-state index in [0.29, 0.717) is 18.7 Å². The lowest BCUT2D eigenvalue weighted by atomic mass is 10.1. The molecule has 10 heteroatoms. The van der Waals surface area contributed by atoms with Crippen molar-refractivity contribution in [3.63, 3.8) is 0 Å². The first-order valence-electron chi connectivity index (χ1n) is 12.7. The molecule has 0 heterocycles. The molecule has 0 aliphatic heterocycles. The Morgan fingerprint density at radius 2 is 1.51 bits per heavy atom. The predicted octanol–water partition coefficient (Wildman–Crippen LogP) is 3.84. The highest BCUT2D eigenvalue weighted by Crippen LogP contribution is 2.33. The maximum absolute atomic E-state index is 14.0. The van der Waals surface area contributed by atoms with Gasteiger partial charge in [0.25, 0.3) is 10.0 Å². The number of carbonyl (C=O) groups is 2. The number of hydrogen-bond acceptors (Lipinski definition) is 6. The molecule has 1 N–H and O–H groups in total. The van der Waals surface area contributed by atoms with Crippen molar-refractivity contribution in [2.75, 3.05) is 31.6 Å². The second kappa shape index (κ2) is 13.7. The van der Waals surface area contributed by atoms with E-state index in [-0.39, 0.29) is 28.8 Å². The number of methoxy groups -OCH3 is 2. The maximum Gasteiger partial charge on any atom is 0.264 e. The summed E-state index contributed by atoms with van der Waals surface area (Å²) in [5.41, 5.74) is 1.02. The van der Waals surface area contributed by atoms with Crippen LogP contribution in [0.25, 0.3) is 0 Å². The van der Waals surface area contributed by atoms with Crippen LogP contribution in [0.4, 0.5) is 5.69 Å². The minimum atomic E-state index is -4.23. The van der Waals surface area contributed by atoms with Crippen molar-refractivity contribution >= 4 is 27.5 Å². The van der Waals surface area contributed by atoms with E-state index in [1.807, 2.05) is 37.3 Å². The lowest BCUT2D eigenvalue weighted by molar-refractivity contribution is -0.140. The topological polar surface area (TPSA) is 105 Å². The molecule has 9 nitrogen and oxygen atoms in total. The van der Waals surface area contributed by atoms with Gasteiger partial charge in [0, 0.05) is 13.1 Å². The zero-order valence-corrected chi connectivity index (χ0v) is 23.5. The third-order valence-corrected chi connectivity index (χ3v) is 7.99. The summed E-state index contributed by atoms with van der Waals surface area (Å²) < 4.78 is 39.6. The van der Waals surface area contributed by atoms with Crippen LogP contribution in [0.15, 0.2) is 83.8 Å². The molecular formula is C29H35N3O6S. The molecule has 0 fully saturated rings. The average molecular weight is 554 g/mol. The molecule has 0 radical (unpaired) electrons. The number of carbonyl (C=O) groups excluding carboxylic acids is 2. The quantitative estimate of drug-likeness (QED) is 0.345. The number of likely N-dealkylation sites (N-methyl/N-ethyl adjacent to an activating group) is 1. The van der Waals surface area contributed by atoms with Crippen LogP contribution in [-0.4, -0.2) is 58.5 Å². The van der Waals surface area contributed by atoms with Crippen LogP contribution < -0.4 is 19.1 Å². The van der Waals surface area contributed by atoms with Crippen LogP contribution in [0.3, 0.4) is 0 Å². The van der Waals surface area contributed by atoms with Gasteiger partial charge >= 0.3 is 0 Å². The van der Waals surface area contributed by atoms with Gasteiger partial charge in [0.2, 0.25) is 11.8 Å². The summed E-state index contributed by atoms with van der Waals surface area (Å²) in [5.74, 6) is -0.0468. The number of ether oxygens (including phenoxy) is 2. The lowest BCUT2D eigenvalue weighted by Crippen LogP contribution is -2.52. The molecule has 3 aromatic carbocycles. The molecule has 3 rings (SSSR count). The number of para-hydroxylation sites is 2. The lowest BCUT2D eigenvalue weighted by Gasteiger charge is -2.33. The Morgan fingerprint density at radius 3 is 2.10 bits per heavy atom. The molecule has 2 amide bonds. The van der Waals surface area contributed by atoms with Gasteiger partial charge in [0.05, 0.1) is 24.8 Å². The van der Waals surface area contributed by atoms with Crippen LogP contribution in [0.1, 0.15) is 25.8 Å². The molecule has 0 saturated carbocycles. The van der Waals surface area contributed by atoms with E-state index in [1.54, 1.807) is 43.3 Å².